The second-order valence-electron chi connectivity index (χ2n) is 3.62. The molecule has 2 heterocycles. The first kappa shape index (κ1) is 10.7. The topological polar surface area (TPSA) is 33.6 Å². The highest BCUT2D eigenvalue weighted by Gasteiger charge is 2.06. The van der Waals surface area contributed by atoms with Crippen molar-refractivity contribution >= 4 is 39.3 Å². The Hall–Kier alpha value is -1.46. The van der Waals surface area contributed by atoms with Crippen LogP contribution in [-0.4, -0.2) is 14.5 Å². The summed E-state index contributed by atoms with van der Waals surface area (Å²) in [5.41, 5.74) is 2.79. The number of imidazole rings is 1. The van der Waals surface area contributed by atoms with Crippen molar-refractivity contribution in [1.29, 1.82) is 0 Å². The quantitative estimate of drug-likeness (QED) is 0.693. The van der Waals surface area contributed by atoms with Gasteiger partial charge in [-0.05, 0) is 48.6 Å². The number of H-pyrrole nitrogens is 1. The molecule has 0 spiro atoms. The first-order chi connectivity index (χ1) is 8.25. The van der Waals surface area contributed by atoms with E-state index in [1.54, 1.807) is 6.20 Å². The van der Waals surface area contributed by atoms with E-state index in [-0.39, 0.29) is 0 Å². The van der Waals surface area contributed by atoms with E-state index in [0.717, 1.165) is 21.3 Å². The average molecular weight is 306 g/mol. The van der Waals surface area contributed by atoms with Gasteiger partial charge in [0.25, 0.3) is 0 Å². The van der Waals surface area contributed by atoms with Crippen LogP contribution in [-0.2, 0) is 0 Å². The number of nitrogens with one attached hydrogen (secondary N) is 1. The summed E-state index contributed by atoms with van der Waals surface area (Å²) >= 11 is 8.74. The van der Waals surface area contributed by atoms with Crippen molar-refractivity contribution in [3.8, 4) is 5.69 Å². The van der Waals surface area contributed by atoms with E-state index < -0.39 is 0 Å². The third-order valence-corrected chi connectivity index (χ3v) is 3.34. The number of aromatic amines is 1. The largest absolute Gasteiger partial charge is 0.329 e. The van der Waals surface area contributed by atoms with Gasteiger partial charge in [-0.1, -0.05) is 15.9 Å². The summed E-state index contributed by atoms with van der Waals surface area (Å²) in [6.07, 6.45) is 1.76. The van der Waals surface area contributed by atoms with Crippen LogP contribution in [0.25, 0.3) is 16.9 Å². The fourth-order valence-electron chi connectivity index (χ4n) is 1.77. The summed E-state index contributed by atoms with van der Waals surface area (Å²) in [5, 5.41) is 0. The molecule has 2 aromatic heterocycles. The van der Waals surface area contributed by atoms with Gasteiger partial charge in [0.2, 0.25) is 0 Å². The van der Waals surface area contributed by atoms with Gasteiger partial charge in [-0.15, -0.1) is 0 Å². The zero-order chi connectivity index (χ0) is 11.8. The van der Waals surface area contributed by atoms with Crippen LogP contribution < -0.4 is 0 Å². The fourth-order valence-corrected chi connectivity index (χ4v) is 2.34. The highest BCUT2D eigenvalue weighted by Crippen LogP contribution is 2.19. The Morgan fingerprint density at radius 3 is 2.71 bits per heavy atom. The van der Waals surface area contributed by atoms with E-state index >= 15 is 0 Å². The van der Waals surface area contributed by atoms with Crippen molar-refractivity contribution in [2.75, 3.05) is 0 Å². The molecule has 0 unspecified atom stereocenters. The molecule has 0 saturated carbocycles. The van der Waals surface area contributed by atoms with E-state index in [0.29, 0.717) is 4.77 Å². The third-order valence-electron chi connectivity index (χ3n) is 2.53. The van der Waals surface area contributed by atoms with Crippen LogP contribution in [0.3, 0.4) is 0 Å². The van der Waals surface area contributed by atoms with Crippen LogP contribution >= 0.6 is 28.1 Å². The SMILES string of the molecule is S=c1[nH]c2cccnc2n1-c1ccc(Br)cc1. The van der Waals surface area contributed by atoms with E-state index in [9.17, 15) is 0 Å². The number of pyridine rings is 1. The summed E-state index contributed by atoms with van der Waals surface area (Å²) < 4.78 is 3.62. The molecule has 17 heavy (non-hydrogen) atoms. The van der Waals surface area contributed by atoms with Gasteiger partial charge in [0, 0.05) is 16.4 Å². The molecule has 3 aromatic rings. The van der Waals surface area contributed by atoms with Crippen molar-refractivity contribution in [3.63, 3.8) is 0 Å². The Morgan fingerprint density at radius 2 is 1.94 bits per heavy atom. The highest BCUT2D eigenvalue weighted by atomic mass is 79.9. The van der Waals surface area contributed by atoms with Crippen molar-refractivity contribution in [3.05, 3.63) is 51.8 Å². The van der Waals surface area contributed by atoms with Crippen molar-refractivity contribution < 1.29 is 0 Å². The predicted molar refractivity (Wildman–Crippen MR) is 74.0 cm³/mol. The van der Waals surface area contributed by atoms with Gasteiger partial charge in [0.05, 0.1) is 5.52 Å². The normalized spacial score (nSPS) is 10.9. The molecule has 0 bridgehead atoms. The van der Waals surface area contributed by atoms with Crippen molar-refractivity contribution in [1.82, 2.24) is 14.5 Å². The molecule has 0 saturated heterocycles. The predicted octanol–water partition coefficient (Wildman–Crippen LogP) is 3.85. The number of benzene rings is 1. The standard InChI is InChI=1S/C12H8BrN3S/c13-8-3-5-9(6-4-8)16-11-10(15-12(16)17)2-1-7-14-11/h1-7H,(H,15,17). The van der Waals surface area contributed by atoms with Gasteiger partial charge in [0.15, 0.2) is 10.4 Å². The molecule has 0 aliphatic carbocycles. The molecular weight excluding hydrogens is 298 g/mol. The molecule has 0 radical (unpaired) electrons. The summed E-state index contributed by atoms with van der Waals surface area (Å²) in [6.45, 7) is 0. The lowest BCUT2D eigenvalue weighted by Crippen LogP contribution is -1.94. The number of rotatable bonds is 1. The second kappa shape index (κ2) is 4.09. The maximum atomic E-state index is 5.32. The Kier molecular flexibility index (Phi) is 2.57. The third kappa shape index (κ3) is 1.81. The highest BCUT2D eigenvalue weighted by molar-refractivity contribution is 9.10. The Morgan fingerprint density at radius 1 is 1.18 bits per heavy atom. The zero-order valence-electron chi connectivity index (χ0n) is 8.72. The van der Waals surface area contributed by atoms with E-state index in [4.69, 9.17) is 12.2 Å². The molecule has 3 rings (SSSR count). The Bertz CT molecular complexity index is 727. The molecule has 0 amide bonds. The lowest BCUT2D eigenvalue weighted by molar-refractivity contribution is 1.04. The molecule has 0 atom stereocenters. The van der Waals surface area contributed by atoms with E-state index in [1.807, 2.05) is 41.0 Å². The average Bonchev–Trinajstić information content (AvgIpc) is 2.66. The minimum atomic E-state index is 0.654. The number of fused-ring (bicyclic) bond motifs is 1. The van der Waals surface area contributed by atoms with Crippen LogP contribution in [0.1, 0.15) is 0 Å². The van der Waals surface area contributed by atoms with Gasteiger partial charge >= 0.3 is 0 Å². The molecule has 0 aliphatic rings. The van der Waals surface area contributed by atoms with Gasteiger partial charge in [-0.3, -0.25) is 4.57 Å². The first-order valence-electron chi connectivity index (χ1n) is 5.07. The number of halogens is 1. The maximum Gasteiger partial charge on any atom is 0.183 e. The van der Waals surface area contributed by atoms with Crippen LogP contribution in [0.4, 0.5) is 0 Å². The van der Waals surface area contributed by atoms with E-state index in [1.165, 1.54) is 0 Å². The summed E-state index contributed by atoms with van der Waals surface area (Å²) in [4.78, 5) is 7.50. The van der Waals surface area contributed by atoms with Crippen molar-refractivity contribution in [2.45, 2.75) is 0 Å². The Labute approximate surface area is 111 Å². The fraction of sp³-hybridized carbons (Fsp3) is 0. The number of hydrogen-bond donors (Lipinski definition) is 1. The second-order valence-corrected chi connectivity index (χ2v) is 4.92. The number of aromatic nitrogens is 3. The van der Waals surface area contributed by atoms with Gasteiger partial charge in [-0.2, -0.15) is 0 Å². The van der Waals surface area contributed by atoms with Gasteiger partial charge < -0.3 is 4.98 Å². The molecular formula is C12H8BrN3S. The molecule has 5 heteroatoms. The monoisotopic (exact) mass is 305 g/mol. The van der Waals surface area contributed by atoms with Crippen LogP contribution in [0, 0.1) is 4.77 Å². The van der Waals surface area contributed by atoms with Gasteiger partial charge in [0.1, 0.15) is 0 Å². The molecule has 0 fully saturated rings. The lowest BCUT2D eigenvalue weighted by Gasteiger charge is -2.03. The summed E-state index contributed by atoms with van der Waals surface area (Å²) in [7, 11) is 0. The molecule has 84 valence electrons. The van der Waals surface area contributed by atoms with Gasteiger partial charge in [-0.25, -0.2) is 4.98 Å². The Balaban J connectivity index is 2.33. The van der Waals surface area contributed by atoms with Crippen LogP contribution in [0.5, 0.6) is 0 Å². The smallest absolute Gasteiger partial charge is 0.183 e. The lowest BCUT2D eigenvalue weighted by atomic mass is 10.3. The van der Waals surface area contributed by atoms with Crippen molar-refractivity contribution in [2.24, 2.45) is 0 Å². The molecule has 1 aromatic carbocycles. The molecule has 1 N–H and O–H groups in total. The number of hydrogen-bond acceptors (Lipinski definition) is 2. The van der Waals surface area contributed by atoms with E-state index in [2.05, 4.69) is 25.9 Å². The van der Waals surface area contributed by atoms with Crippen LogP contribution in [0.15, 0.2) is 47.1 Å². The first-order valence-corrected chi connectivity index (χ1v) is 6.27. The molecule has 3 nitrogen and oxygen atoms in total. The number of nitrogens with zero attached hydrogens (tertiary/aromatic N) is 2. The zero-order valence-corrected chi connectivity index (χ0v) is 11.1. The minimum Gasteiger partial charge on any atom is -0.329 e. The molecule has 0 aliphatic heterocycles. The maximum absolute atomic E-state index is 5.32. The van der Waals surface area contributed by atoms with Crippen LogP contribution in [0.2, 0.25) is 0 Å². The summed E-state index contributed by atoms with van der Waals surface area (Å²) in [6, 6.07) is 11.8. The summed E-state index contributed by atoms with van der Waals surface area (Å²) in [5.74, 6) is 0. The minimum absolute atomic E-state index is 0.654.